The van der Waals surface area contributed by atoms with Gasteiger partial charge in [-0.3, -0.25) is 4.90 Å². The van der Waals surface area contributed by atoms with Crippen LogP contribution in [-0.2, 0) is 0 Å². The van der Waals surface area contributed by atoms with Gasteiger partial charge >= 0.3 is 0 Å². The maximum absolute atomic E-state index is 14.1. The van der Waals surface area contributed by atoms with E-state index < -0.39 is 0 Å². The zero-order valence-corrected chi connectivity index (χ0v) is 20.2. The number of hydrogen-bond acceptors (Lipinski definition) is 4. The van der Waals surface area contributed by atoms with E-state index in [9.17, 15) is 8.78 Å². The van der Waals surface area contributed by atoms with Crippen molar-refractivity contribution in [2.75, 3.05) is 4.90 Å². The van der Waals surface area contributed by atoms with E-state index in [4.69, 9.17) is 16.7 Å². The molecule has 35 heavy (non-hydrogen) atoms. The molecule has 1 aromatic heterocycles. The Morgan fingerprint density at radius 3 is 2.37 bits per heavy atom. The highest BCUT2D eigenvalue weighted by Crippen LogP contribution is 2.39. The third kappa shape index (κ3) is 4.33. The summed E-state index contributed by atoms with van der Waals surface area (Å²) in [6.07, 6.45) is 0. The number of halogens is 2. The van der Waals surface area contributed by atoms with Gasteiger partial charge in [-0.25, -0.2) is 8.78 Å². The molecule has 0 fully saturated rings. The molecule has 1 aliphatic heterocycles. The lowest BCUT2D eigenvalue weighted by Gasteiger charge is -2.37. The fourth-order valence-corrected chi connectivity index (χ4v) is 4.58. The summed E-state index contributed by atoms with van der Waals surface area (Å²) in [7, 11) is 0. The molecule has 1 atom stereocenters. The maximum Gasteiger partial charge on any atom is 0.258 e. The van der Waals surface area contributed by atoms with Crippen molar-refractivity contribution in [2.45, 2.75) is 26.8 Å². The fraction of sp³-hybridized carbons (Fsp3) is 0.148. The van der Waals surface area contributed by atoms with E-state index in [-0.39, 0.29) is 29.4 Å². The van der Waals surface area contributed by atoms with Crippen LogP contribution < -0.4 is 10.2 Å². The van der Waals surface area contributed by atoms with Crippen LogP contribution in [0.25, 0.3) is 17.0 Å². The molecule has 0 saturated carbocycles. The number of hydrogen-bond donors (Lipinski definition) is 1. The van der Waals surface area contributed by atoms with E-state index >= 15 is 0 Å². The molecule has 0 spiro atoms. The van der Waals surface area contributed by atoms with E-state index in [1.165, 1.54) is 29.8 Å². The minimum Gasteiger partial charge on any atom is -0.351 e. The van der Waals surface area contributed by atoms with E-state index in [1.54, 1.807) is 29.2 Å². The van der Waals surface area contributed by atoms with Gasteiger partial charge in [-0.2, -0.15) is 4.98 Å². The molecule has 1 aliphatic rings. The van der Waals surface area contributed by atoms with Crippen molar-refractivity contribution in [3.05, 3.63) is 107 Å². The second-order valence-electron chi connectivity index (χ2n) is 8.47. The van der Waals surface area contributed by atoms with Gasteiger partial charge in [0, 0.05) is 11.3 Å². The van der Waals surface area contributed by atoms with Crippen LogP contribution in [0, 0.1) is 25.5 Å². The molecule has 0 aliphatic carbocycles. The summed E-state index contributed by atoms with van der Waals surface area (Å²) in [5.74, 6) is -0.230. The van der Waals surface area contributed by atoms with Crippen LogP contribution in [0.15, 0.2) is 77.0 Å². The summed E-state index contributed by atoms with van der Waals surface area (Å²) >= 11 is 5.71. The quantitative estimate of drug-likeness (QED) is 0.331. The number of aromatic nitrogens is 2. The van der Waals surface area contributed by atoms with Crippen LogP contribution in [0.1, 0.15) is 35.5 Å². The number of rotatable bonds is 4. The van der Waals surface area contributed by atoms with Gasteiger partial charge in [-0.15, -0.1) is 0 Å². The third-order valence-corrected chi connectivity index (χ3v) is 6.46. The summed E-state index contributed by atoms with van der Waals surface area (Å²) in [5, 5.41) is 7.90. The maximum atomic E-state index is 14.1. The SMILES string of the molecule is CC1=C(c2nc(-c3cccc(F)c3)no2)C(c2ccc(C)c(C)c2)NC(=S)N1c1cccc(F)c1. The number of thiocarbonyl (C=S) groups is 1. The predicted molar refractivity (Wildman–Crippen MR) is 136 cm³/mol. The van der Waals surface area contributed by atoms with Gasteiger partial charge in [0.25, 0.3) is 5.89 Å². The fourth-order valence-electron chi connectivity index (χ4n) is 4.22. The molecular weight excluding hydrogens is 466 g/mol. The average Bonchev–Trinajstić information content (AvgIpc) is 3.30. The highest BCUT2D eigenvalue weighted by molar-refractivity contribution is 7.80. The number of benzene rings is 3. The van der Waals surface area contributed by atoms with Crippen molar-refractivity contribution in [3.63, 3.8) is 0 Å². The van der Waals surface area contributed by atoms with E-state index in [2.05, 4.69) is 28.4 Å². The molecular formula is C27H22F2N4OS. The van der Waals surface area contributed by atoms with Crippen LogP contribution in [0.5, 0.6) is 0 Å². The molecule has 0 amide bonds. The van der Waals surface area contributed by atoms with Gasteiger partial charge in [0.15, 0.2) is 5.11 Å². The Morgan fingerprint density at radius 2 is 1.66 bits per heavy atom. The first-order valence-electron chi connectivity index (χ1n) is 11.1. The lowest BCUT2D eigenvalue weighted by molar-refractivity contribution is 0.404. The standard InChI is InChI=1S/C27H22F2N4OS/c1-15-10-11-18(12-16(15)2)24-23(26-31-25(32-34-26)19-6-4-7-20(28)13-19)17(3)33(27(35)30-24)22-9-5-8-21(29)14-22/h4-14,24H,1-3H3,(H,30,35). The molecule has 0 radical (unpaired) electrons. The van der Waals surface area contributed by atoms with Crippen LogP contribution in [0.2, 0.25) is 0 Å². The van der Waals surface area contributed by atoms with Gasteiger partial charge in [0.1, 0.15) is 11.6 Å². The number of nitrogens with zero attached hydrogens (tertiary/aromatic N) is 3. The van der Waals surface area contributed by atoms with E-state index in [0.29, 0.717) is 21.9 Å². The normalized spacial score (nSPS) is 16.0. The molecule has 5 rings (SSSR count). The number of aryl methyl sites for hydroxylation is 2. The number of nitrogens with one attached hydrogen (secondary N) is 1. The zero-order chi connectivity index (χ0) is 24.7. The predicted octanol–water partition coefficient (Wildman–Crippen LogP) is 6.50. The first kappa shape index (κ1) is 22.9. The van der Waals surface area contributed by atoms with Crippen LogP contribution in [-0.4, -0.2) is 15.3 Å². The van der Waals surface area contributed by atoms with Gasteiger partial charge in [-0.05, 0) is 80.0 Å². The summed E-state index contributed by atoms with van der Waals surface area (Å²) in [6.45, 7) is 5.98. The Kier molecular flexibility index (Phi) is 5.90. The molecule has 4 aromatic rings. The Hall–Kier alpha value is -3.91. The highest BCUT2D eigenvalue weighted by Gasteiger charge is 2.35. The lowest BCUT2D eigenvalue weighted by Crippen LogP contribution is -2.46. The van der Waals surface area contributed by atoms with Crippen LogP contribution >= 0.6 is 12.2 Å². The molecule has 0 bridgehead atoms. The number of allylic oxidation sites excluding steroid dienone is 1. The van der Waals surface area contributed by atoms with E-state index in [0.717, 1.165) is 16.8 Å². The molecule has 5 nitrogen and oxygen atoms in total. The first-order valence-corrected chi connectivity index (χ1v) is 11.5. The topological polar surface area (TPSA) is 54.2 Å². The van der Waals surface area contributed by atoms with Crippen molar-refractivity contribution in [3.8, 4) is 11.4 Å². The summed E-state index contributed by atoms with van der Waals surface area (Å²) in [4.78, 5) is 6.34. The lowest BCUT2D eigenvalue weighted by atomic mass is 9.92. The Bertz CT molecular complexity index is 1480. The van der Waals surface area contributed by atoms with Crippen molar-refractivity contribution in [1.29, 1.82) is 0 Å². The monoisotopic (exact) mass is 488 g/mol. The molecule has 1 N–H and O–H groups in total. The largest absolute Gasteiger partial charge is 0.351 e. The second-order valence-corrected chi connectivity index (χ2v) is 8.86. The highest BCUT2D eigenvalue weighted by atomic mass is 32.1. The van der Waals surface area contributed by atoms with Crippen molar-refractivity contribution in [1.82, 2.24) is 15.5 Å². The molecule has 176 valence electrons. The van der Waals surface area contributed by atoms with Gasteiger partial charge in [-0.1, -0.05) is 41.6 Å². The Morgan fingerprint density at radius 1 is 0.914 bits per heavy atom. The molecule has 3 aromatic carbocycles. The smallest absolute Gasteiger partial charge is 0.258 e. The molecule has 0 saturated heterocycles. The van der Waals surface area contributed by atoms with Crippen molar-refractivity contribution >= 4 is 28.6 Å². The first-order chi connectivity index (χ1) is 16.8. The van der Waals surface area contributed by atoms with Crippen molar-refractivity contribution in [2.24, 2.45) is 0 Å². The molecule has 2 heterocycles. The zero-order valence-electron chi connectivity index (χ0n) is 19.3. The average molecular weight is 489 g/mol. The van der Waals surface area contributed by atoms with Gasteiger partial charge < -0.3 is 9.84 Å². The minimum absolute atomic E-state index is 0.265. The summed E-state index contributed by atoms with van der Waals surface area (Å²) in [5.41, 5.74) is 5.75. The van der Waals surface area contributed by atoms with Gasteiger partial charge in [0.2, 0.25) is 5.82 Å². The second kappa shape index (κ2) is 9.03. The Balaban J connectivity index is 1.68. The summed E-state index contributed by atoms with van der Waals surface area (Å²) < 4.78 is 33.5. The molecule has 8 heteroatoms. The van der Waals surface area contributed by atoms with Crippen LogP contribution in [0.4, 0.5) is 14.5 Å². The van der Waals surface area contributed by atoms with Crippen molar-refractivity contribution < 1.29 is 13.3 Å². The minimum atomic E-state index is -0.390. The number of anilines is 1. The summed E-state index contributed by atoms with van der Waals surface area (Å²) in [6, 6.07) is 18.0. The Labute approximate surface area is 207 Å². The van der Waals surface area contributed by atoms with Gasteiger partial charge in [0.05, 0.1) is 17.3 Å². The van der Waals surface area contributed by atoms with E-state index in [1.807, 2.05) is 26.0 Å². The molecule has 1 unspecified atom stereocenters. The van der Waals surface area contributed by atoms with Crippen LogP contribution in [0.3, 0.4) is 0 Å². The third-order valence-electron chi connectivity index (χ3n) is 6.15.